The van der Waals surface area contributed by atoms with Crippen LogP contribution < -0.4 is 9.47 Å². The van der Waals surface area contributed by atoms with Crippen LogP contribution in [-0.2, 0) is 13.0 Å². The van der Waals surface area contributed by atoms with E-state index in [1.807, 2.05) is 4.90 Å². The molecule has 26 heavy (non-hydrogen) atoms. The molecule has 1 aliphatic rings. The molecular weight excluding hydrogens is 328 g/mol. The predicted molar refractivity (Wildman–Crippen MR) is 101 cm³/mol. The summed E-state index contributed by atoms with van der Waals surface area (Å²) in [6.07, 6.45) is 0.835. The minimum atomic E-state index is 0.0126. The van der Waals surface area contributed by atoms with E-state index in [1.165, 1.54) is 22.2 Å². The highest BCUT2D eigenvalue weighted by molar-refractivity contribution is 5.95. The summed E-state index contributed by atoms with van der Waals surface area (Å²) in [5.41, 5.74) is 5.44. The summed E-state index contributed by atoms with van der Waals surface area (Å²) >= 11 is 0. The molecule has 2 aromatic carbocycles. The van der Waals surface area contributed by atoms with Gasteiger partial charge in [-0.25, -0.2) is 0 Å². The zero-order chi connectivity index (χ0) is 18.3. The molecule has 0 aliphatic carbocycles. The van der Waals surface area contributed by atoms with Gasteiger partial charge in [-0.1, -0.05) is 11.6 Å². The lowest BCUT2D eigenvalue weighted by atomic mass is 10.0. The Balaban J connectivity index is 1.65. The standard InChI is InChI=1S/C21H22N2O3/c1-13-4-6-17-15(10-13)16-12-23(9-8-18(16)22-17)21(24)14-5-7-19(25-2)20(11-14)26-3/h4-7,10-11,22H,8-9,12H2,1-3H3. The highest BCUT2D eigenvalue weighted by atomic mass is 16.5. The van der Waals surface area contributed by atoms with Gasteiger partial charge < -0.3 is 19.4 Å². The molecule has 5 nitrogen and oxygen atoms in total. The van der Waals surface area contributed by atoms with Crippen molar-refractivity contribution in [2.45, 2.75) is 19.9 Å². The minimum Gasteiger partial charge on any atom is -0.493 e. The molecule has 4 rings (SSSR count). The van der Waals surface area contributed by atoms with Gasteiger partial charge in [0.15, 0.2) is 11.5 Å². The van der Waals surface area contributed by atoms with Gasteiger partial charge in [-0.3, -0.25) is 4.79 Å². The molecular formula is C21H22N2O3. The second-order valence-electron chi connectivity index (χ2n) is 6.68. The van der Waals surface area contributed by atoms with E-state index in [9.17, 15) is 4.79 Å². The van der Waals surface area contributed by atoms with Crippen LogP contribution in [0.5, 0.6) is 11.5 Å². The number of rotatable bonds is 3. The Kier molecular flexibility index (Phi) is 4.07. The van der Waals surface area contributed by atoms with Crippen molar-refractivity contribution >= 4 is 16.8 Å². The molecule has 1 aliphatic heterocycles. The highest BCUT2D eigenvalue weighted by Crippen LogP contribution is 2.31. The molecule has 0 unspecified atom stereocenters. The number of nitrogens with one attached hydrogen (secondary N) is 1. The number of carbonyl (C=O) groups excluding carboxylic acids is 1. The first-order valence-corrected chi connectivity index (χ1v) is 8.72. The number of hydrogen-bond donors (Lipinski definition) is 1. The molecule has 0 saturated heterocycles. The monoisotopic (exact) mass is 350 g/mol. The SMILES string of the molecule is COc1ccc(C(=O)N2CCc3[nH]c4ccc(C)cc4c3C2)cc1OC. The molecule has 0 radical (unpaired) electrons. The van der Waals surface area contributed by atoms with E-state index in [4.69, 9.17) is 9.47 Å². The van der Waals surface area contributed by atoms with Crippen LogP contribution in [0, 0.1) is 6.92 Å². The molecule has 0 spiro atoms. The number of ether oxygens (including phenoxy) is 2. The zero-order valence-corrected chi connectivity index (χ0v) is 15.3. The fourth-order valence-electron chi connectivity index (χ4n) is 3.65. The van der Waals surface area contributed by atoms with Gasteiger partial charge in [0.25, 0.3) is 5.91 Å². The lowest BCUT2D eigenvalue weighted by molar-refractivity contribution is 0.0734. The van der Waals surface area contributed by atoms with Crippen molar-refractivity contribution in [3.63, 3.8) is 0 Å². The van der Waals surface area contributed by atoms with E-state index in [0.717, 1.165) is 11.9 Å². The first-order valence-electron chi connectivity index (χ1n) is 8.72. The third kappa shape index (κ3) is 2.69. The normalized spacial score (nSPS) is 13.6. The van der Waals surface area contributed by atoms with Crippen LogP contribution in [0.4, 0.5) is 0 Å². The molecule has 3 aromatic rings. The number of fused-ring (bicyclic) bond motifs is 3. The number of nitrogens with zero attached hydrogens (tertiary/aromatic N) is 1. The van der Waals surface area contributed by atoms with Crippen LogP contribution in [-0.4, -0.2) is 36.6 Å². The smallest absolute Gasteiger partial charge is 0.254 e. The van der Waals surface area contributed by atoms with Gasteiger partial charge in [-0.2, -0.15) is 0 Å². The van der Waals surface area contributed by atoms with Crippen molar-refractivity contribution in [1.82, 2.24) is 9.88 Å². The Morgan fingerprint density at radius 2 is 1.88 bits per heavy atom. The summed E-state index contributed by atoms with van der Waals surface area (Å²) in [7, 11) is 3.16. The van der Waals surface area contributed by atoms with E-state index >= 15 is 0 Å². The van der Waals surface area contributed by atoms with Crippen molar-refractivity contribution in [2.24, 2.45) is 0 Å². The summed E-state index contributed by atoms with van der Waals surface area (Å²) in [4.78, 5) is 18.4. The predicted octanol–water partition coefficient (Wildman–Crippen LogP) is 3.69. The summed E-state index contributed by atoms with van der Waals surface area (Å²) in [5.74, 6) is 1.20. The second-order valence-corrected chi connectivity index (χ2v) is 6.68. The van der Waals surface area contributed by atoms with Gasteiger partial charge in [0.2, 0.25) is 0 Å². The largest absolute Gasteiger partial charge is 0.493 e. The molecule has 134 valence electrons. The molecule has 5 heteroatoms. The lowest BCUT2D eigenvalue weighted by Crippen LogP contribution is -2.35. The fourth-order valence-corrected chi connectivity index (χ4v) is 3.65. The third-order valence-electron chi connectivity index (χ3n) is 5.05. The van der Waals surface area contributed by atoms with Crippen LogP contribution in [0.15, 0.2) is 36.4 Å². The molecule has 0 fully saturated rings. The van der Waals surface area contributed by atoms with Crippen molar-refractivity contribution < 1.29 is 14.3 Å². The Morgan fingerprint density at radius 3 is 2.65 bits per heavy atom. The van der Waals surface area contributed by atoms with Crippen LogP contribution in [0.3, 0.4) is 0 Å². The quantitative estimate of drug-likeness (QED) is 0.784. The first kappa shape index (κ1) is 16.5. The number of hydrogen-bond acceptors (Lipinski definition) is 3. The number of carbonyl (C=O) groups is 1. The van der Waals surface area contributed by atoms with Crippen LogP contribution >= 0.6 is 0 Å². The van der Waals surface area contributed by atoms with E-state index in [1.54, 1.807) is 32.4 Å². The van der Waals surface area contributed by atoms with Crippen LogP contribution in [0.2, 0.25) is 0 Å². The first-order chi connectivity index (χ1) is 12.6. The topological polar surface area (TPSA) is 54.6 Å². The maximum atomic E-state index is 13.0. The molecule has 0 atom stereocenters. The zero-order valence-electron chi connectivity index (χ0n) is 15.3. The lowest BCUT2D eigenvalue weighted by Gasteiger charge is -2.27. The number of aryl methyl sites for hydroxylation is 1. The molecule has 1 aromatic heterocycles. The number of aromatic amines is 1. The molecule has 2 heterocycles. The number of H-pyrrole nitrogens is 1. The van der Waals surface area contributed by atoms with Gasteiger partial charge in [-0.15, -0.1) is 0 Å². The van der Waals surface area contributed by atoms with Gasteiger partial charge in [0, 0.05) is 47.2 Å². The van der Waals surface area contributed by atoms with Crippen molar-refractivity contribution in [3.05, 3.63) is 58.8 Å². The van der Waals surface area contributed by atoms with Crippen molar-refractivity contribution in [1.29, 1.82) is 0 Å². The molecule has 0 saturated carbocycles. The van der Waals surface area contributed by atoms with Crippen LogP contribution in [0.25, 0.3) is 10.9 Å². The maximum Gasteiger partial charge on any atom is 0.254 e. The summed E-state index contributed by atoms with van der Waals surface area (Å²) < 4.78 is 10.6. The van der Waals surface area contributed by atoms with Crippen LogP contribution in [0.1, 0.15) is 27.2 Å². The highest BCUT2D eigenvalue weighted by Gasteiger charge is 2.25. The molecule has 1 N–H and O–H groups in total. The molecule has 1 amide bonds. The van der Waals surface area contributed by atoms with Gasteiger partial charge in [0.05, 0.1) is 14.2 Å². The second kappa shape index (κ2) is 6.41. The van der Waals surface area contributed by atoms with Crippen molar-refractivity contribution in [3.8, 4) is 11.5 Å². The van der Waals surface area contributed by atoms with Crippen molar-refractivity contribution in [2.75, 3.05) is 20.8 Å². The van der Waals surface area contributed by atoms with E-state index in [-0.39, 0.29) is 5.91 Å². The maximum absolute atomic E-state index is 13.0. The van der Waals surface area contributed by atoms with Gasteiger partial charge >= 0.3 is 0 Å². The van der Waals surface area contributed by atoms with E-state index in [2.05, 4.69) is 30.1 Å². The summed E-state index contributed by atoms with van der Waals surface area (Å²) in [6, 6.07) is 11.7. The number of benzene rings is 2. The number of methoxy groups -OCH3 is 2. The fraction of sp³-hybridized carbons (Fsp3) is 0.286. The summed E-state index contributed by atoms with van der Waals surface area (Å²) in [6.45, 7) is 3.41. The summed E-state index contributed by atoms with van der Waals surface area (Å²) in [5, 5.41) is 1.21. The average Bonchev–Trinajstić information content (AvgIpc) is 3.03. The Labute approximate surface area is 152 Å². The Hall–Kier alpha value is -2.95. The van der Waals surface area contributed by atoms with E-state index in [0.29, 0.717) is 30.2 Å². The third-order valence-corrected chi connectivity index (χ3v) is 5.05. The minimum absolute atomic E-state index is 0.0126. The van der Waals surface area contributed by atoms with Gasteiger partial charge in [-0.05, 0) is 37.3 Å². The average molecular weight is 350 g/mol. The Morgan fingerprint density at radius 1 is 1.08 bits per heavy atom. The van der Waals surface area contributed by atoms with Gasteiger partial charge in [0.1, 0.15) is 0 Å². The molecule has 0 bridgehead atoms. The number of aromatic nitrogens is 1. The number of amides is 1. The van der Waals surface area contributed by atoms with E-state index < -0.39 is 0 Å². The Bertz CT molecular complexity index is 990.